The number of nitrogens with zero attached hydrogens (tertiary/aromatic N) is 4. The lowest BCUT2D eigenvalue weighted by Gasteiger charge is -2.33. The van der Waals surface area contributed by atoms with Crippen molar-refractivity contribution in [2.75, 3.05) is 4.90 Å². The molecule has 0 N–H and O–H groups in total. The molecule has 13 rings (SSSR count). The minimum absolute atomic E-state index is 0.0926. The monoisotopic (exact) mass is 1010 g/mol. The first-order chi connectivity index (χ1) is 38.2. The number of rotatable bonds is 13. The van der Waals surface area contributed by atoms with Crippen molar-refractivity contribution in [1.29, 1.82) is 0 Å². The first-order valence-corrected chi connectivity index (χ1v) is 30.0. The number of aromatic nitrogens is 2. The van der Waals surface area contributed by atoms with Gasteiger partial charge in [-0.15, -0.1) is 0 Å². The molecule has 1 aromatic heterocycles. The van der Waals surface area contributed by atoms with Crippen LogP contribution in [0.4, 0.5) is 17.1 Å². The van der Waals surface area contributed by atoms with Crippen molar-refractivity contribution in [1.82, 2.24) is 9.55 Å². The highest BCUT2D eigenvalue weighted by Gasteiger charge is 2.34. The Morgan fingerprint density at radius 1 is 0.377 bits per heavy atom. The number of para-hydroxylation sites is 1. The Morgan fingerprint density at radius 2 is 0.792 bits per heavy atom. The van der Waals surface area contributed by atoms with Gasteiger partial charge in [-0.2, -0.15) is 0 Å². The van der Waals surface area contributed by atoms with Gasteiger partial charge in [0.1, 0.15) is 5.82 Å². The van der Waals surface area contributed by atoms with Crippen LogP contribution in [0.3, 0.4) is 0 Å². The average Bonchev–Trinajstić information content (AvgIpc) is 4.29. The third kappa shape index (κ3) is 10.3. The Bertz CT molecular complexity index is 3260. The van der Waals surface area contributed by atoms with Crippen LogP contribution < -0.4 is 4.90 Å². The highest BCUT2D eigenvalue weighted by atomic mass is 15.1. The van der Waals surface area contributed by atoms with Gasteiger partial charge in [-0.05, 0) is 179 Å². The molecule has 0 amide bonds. The molecular weight excluding hydrogens is 933 g/mol. The maximum atomic E-state index is 5.36. The van der Waals surface area contributed by atoms with Crippen molar-refractivity contribution in [3.63, 3.8) is 0 Å². The van der Waals surface area contributed by atoms with Gasteiger partial charge < -0.3 is 4.90 Å². The van der Waals surface area contributed by atoms with E-state index in [9.17, 15) is 0 Å². The molecule has 1 aliphatic heterocycles. The molecule has 0 radical (unpaired) electrons. The lowest BCUT2D eigenvalue weighted by atomic mass is 9.71. The molecule has 4 nitrogen and oxygen atoms in total. The molecule has 4 saturated carbocycles. The van der Waals surface area contributed by atoms with E-state index in [4.69, 9.17) is 9.98 Å². The first-order valence-electron chi connectivity index (χ1n) is 30.0. The van der Waals surface area contributed by atoms with Gasteiger partial charge in [-0.3, -0.25) is 9.56 Å². The Morgan fingerprint density at radius 3 is 1.30 bits per heavy atom. The zero-order valence-corrected chi connectivity index (χ0v) is 45.2. The molecule has 4 aliphatic carbocycles. The Kier molecular flexibility index (Phi) is 14.7. The number of allylic oxidation sites excluding steroid dienone is 1. The number of imidazole rings is 1. The van der Waals surface area contributed by atoms with Crippen LogP contribution in [0.5, 0.6) is 0 Å². The molecule has 0 bridgehead atoms. The van der Waals surface area contributed by atoms with Crippen molar-refractivity contribution in [2.24, 2.45) is 4.99 Å². The molecule has 8 aromatic rings. The van der Waals surface area contributed by atoms with Gasteiger partial charge in [0.05, 0.1) is 11.4 Å². The van der Waals surface area contributed by atoms with Crippen LogP contribution in [0.2, 0.25) is 0 Å². The fraction of sp³-hybridized carbons (Fsp3) is 0.342. The average molecular weight is 1010 g/mol. The number of hydrogen-bond donors (Lipinski definition) is 0. The van der Waals surface area contributed by atoms with Crippen LogP contribution in [0.25, 0.3) is 39.3 Å². The third-order valence-corrected chi connectivity index (χ3v) is 18.6. The molecule has 4 heteroatoms. The Labute approximate surface area is 459 Å². The molecule has 0 saturated heterocycles. The van der Waals surface area contributed by atoms with E-state index in [1.165, 1.54) is 173 Å². The second kappa shape index (κ2) is 22.9. The van der Waals surface area contributed by atoms with Crippen LogP contribution in [0, 0.1) is 0 Å². The van der Waals surface area contributed by atoms with Crippen LogP contribution in [0.1, 0.15) is 191 Å². The number of hydrogen-bond acceptors (Lipinski definition) is 3. The van der Waals surface area contributed by atoms with E-state index in [1.54, 1.807) is 16.7 Å². The number of aliphatic imine (C=N–C) groups is 1. The summed E-state index contributed by atoms with van der Waals surface area (Å²) in [6.45, 7) is 0. The molecule has 7 aromatic carbocycles. The van der Waals surface area contributed by atoms with E-state index in [0.29, 0.717) is 23.7 Å². The number of benzene rings is 7. The number of anilines is 3. The van der Waals surface area contributed by atoms with Gasteiger partial charge in [0.15, 0.2) is 0 Å². The summed E-state index contributed by atoms with van der Waals surface area (Å²) in [6.07, 6.45) is 34.7. The summed E-state index contributed by atoms with van der Waals surface area (Å²) < 4.78 is 2.50. The summed E-state index contributed by atoms with van der Waals surface area (Å²) >= 11 is 0. The molecule has 0 spiro atoms. The SMILES string of the molecule is C1=CC(c2c(C3CCCCC3)cc(-c3ccccc3)cc2C2CCCCC2)C(c2cccc(N(c3ccccc3)c3cccc(-c4nccn4-c4c(C5CCCCC5)cc(-c5ccccc5)cc4C4CCCCC4)c3)c2)=N1. The van der Waals surface area contributed by atoms with Gasteiger partial charge >= 0.3 is 0 Å². The van der Waals surface area contributed by atoms with E-state index in [1.807, 2.05) is 6.20 Å². The van der Waals surface area contributed by atoms with Crippen LogP contribution in [-0.2, 0) is 0 Å². The van der Waals surface area contributed by atoms with Crippen molar-refractivity contribution >= 4 is 22.8 Å². The summed E-state index contributed by atoms with van der Waals surface area (Å²) in [4.78, 5) is 13.1. The highest BCUT2D eigenvalue weighted by Crippen LogP contribution is 2.49. The molecule has 77 heavy (non-hydrogen) atoms. The molecular formula is C73H76N4. The lowest BCUT2D eigenvalue weighted by molar-refractivity contribution is 0.432. The summed E-state index contributed by atoms with van der Waals surface area (Å²) in [5.74, 6) is 3.28. The van der Waals surface area contributed by atoms with Gasteiger partial charge in [0, 0.05) is 47.1 Å². The van der Waals surface area contributed by atoms with E-state index in [2.05, 4.69) is 192 Å². The van der Waals surface area contributed by atoms with Crippen LogP contribution >= 0.6 is 0 Å². The van der Waals surface area contributed by atoms with Crippen molar-refractivity contribution < 1.29 is 0 Å². The Hall–Kier alpha value is -7.04. The van der Waals surface area contributed by atoms with Crippen LogP contribution in [0.15, 0.2) is 193 Å². The molecule has 388 valence electrons. The summed E-state index contributed by atoms with van der Waals surface area (Å²) in [7, 11) is 0. The summed E-state index contributed by atoms with van der Waals surface area (Å²) in [5.41, 5.74) is 21.3. The maximum absolute atomic E-state index is 5.36. The fourth-order valence-electron chi connectivity index (χ4n) is 14.7. The van der Waals surface area contributed by atoms with Crippen molar-refractivity contribution in [3.05, 3.63) is 222 Å². The van der Waals surface area contributed by atoms with E-state index in [0.717, 1.165) is 34.2 Å². The molecule has 1 atom stereocenters. The van der Waals surface area contributed by atoms with Gasteiger partial charge in [-0.1, -0.05) is 198 Å². The Balaban J connectivity index is 0.907. The zero-order valence-electron chi connectivity index (χ0n) is 45.2. The largest absolute Gasteiger partial charge is 0.310 e. The van der Waals surface area contributed by atoms with Gasteiger partial charge in [-0.25, -0.2) is 4.98 Å². The van der Waals surface area contributed by atoms with E-state index < -0.39 is 0 Å². The topological polar surface area (TPSA) is 33.4 Å². The minimum Gasteiger partial charge on any atom is -0.310 e. The van der Waals surface area contributed by atoms with E-state index >= 15 is 0 Å². The minimum atomic E-state index is 0.0926. The second-order valence-electron chi connectivity index (χ2n) is 23.4. The molecule has 4 fully saturated rings. The zero-order chi connectivity index (χ0) is 51.3. The third-order valence-electron chi connectivity index (χ3n) is 18.6. The standard InChI is InChI=1S/C73H76N4/c1-8-24-52(25-9-1)60-48-66(54-28-12-3-13-29-54)70(67(49-60)55-30-14-4-15-31-55)65-42-43-74-71(65)58-36-22-40-63(46-58)77(62-38-20-7-21-39-62)64-41-23-37-59(47-64)73-75-44-45-76(73)72-68(56-32-16-5-17-33-56)50-61(53-26-10-2-11-27-53)51-69(72)57-34-18-6-19-35-57/h1-2,7-11,20-27,36-51,54-57,65H,3-6,12-19,28-35H2. The predicted octanol–water partition coefficient (Wildman–Crippen LogP) is 20.6. The second-order valence-corrected chi connectivity index (χ2v) is 23.4. The smallest absolute Gasteiger partial charge is 0.144 e. The van der Waals surface area contributed by atoms with E-state index in [-0.39, 0.29) is 5.92 Å². The predicted molar refractivity (Wildman–Crippen MR) is 323 cm³/mol. The maximum Gasteiger partial charge on any atom is 0.144 e. The molecule has 2 heterocycles. The molecule has 5 aliphatic rings. The highest BCUT2D eigenvalue weighted by molar-refractivity contribution is 6.09. The van der Waals surface area contributed by atoms with Crippen molar-refractivity contribution in [2.45, 2.75) is 158 Å². The first kappa shape index (κ1) is 49.5. The van der Waals surface area contributed by atoms with Crippen molar-refractivity contribution in [3.8, 4) is 39.3 Å². The quantitative estimate of drug-likeness (QED) is 0.115. The normalized spacial score (nSPS) is 18.9. The fourth-order valence-corrected chi connectivity index (χ4v) is 14.7. The summed E-state index contributed by atoms with van der Waals surface area (Å²) in [6, 6.07) is 62.1. The van der Waals surface area contributed by atoms with Crippen LogP contribution in [-0.4, -0.2) is 15.3 Å². The van der Waals surface area contributed by atoms with Gasteiger partial charge in [0.2, 0.25) is 0 Å². The lowest BCUT2D eigenvalue weighted by Crippen LogP contribution is -2.20. The van der Waals surface area contributed by atoms with Gasteiger partial charge in [0.25, 0.3) is 0 Å². The molecule has 1 unspecified atom stereocenters. The summed E-state index contributed by atoms with van der Waals surface area (Å²) in [5, 5.41) is 0.